The second kappa shape index (κ2) is 17.5. The van der Waals surface area contributed by atoms with Crippen molar-refractivity contribution in [1.29, 1.82) is 0 Å². The van der Waals surface area contributed by atoms with Crippen LogP contribution in [-0.2, 0) is 80.4 Å². The van der Waals surface area contributed by atoms with Crippen LogP contribution in [0.15, 0.2) is 0 Å². The van der Waals surface area contributed by atoms with Crippen LogP contribution in [0.25, 0.3) is 0 Å². The van der Waals surface area contributed by atoms with Crippen molar-refractivity contribution in [3.63, 3.8) is 0 Å². The second-order valence-corrected chi connectivity index (χ2v) is 0. The minimum Gasteiger partial charge on any atom is 2.00 e. The van der Waals surface area contributed by atoms with Gasteiger partial charge in [-0.05, 0) is 0 Å². The van der Waals surface area contributed by atoms with Gasteiger partial charge in [-0.15, -0.1) is 0 Å². The molecule has 0 aromatic heterocycles. The van der Waals surface area contributed by atoms with Gasteiger partial charge in [0.25, 0.3) is 0 Å². The summed E-state index contributed by atoms with van der Waals surface area (Å²) in [5, 5.41) is 0. The first-order chi connectivity index (χ1) is 0. The Hall–Kier alpha value is 2.60. The summed E-state index contributed by atoms with van der Waals surface area (Å²) in [6, 6.07) is 0. The van der Waals surface area contributed by atoms with Crippen molar-refractivity contribution in [2.45, 2.75) is 0 Å². The standard InChI is InChI=1S/Ir.Os.Pt.Ru/q+3;3*+2. The molecule has 0 unspecified atom stereocenters. The van der Waals surface area contributed by atoms with Crippen molar-refractivity contribution >= 4 is 0 Å². The normalized spacial score (nSPS) is 0. The predicted octanol–water partition coefficient (Wildman–Crippen LogP) is -0.0100. The summed E-state index contributed by atoms with van der Waals surface area (Å²) in [6.45, 7) is 0. The molecule has 0 aromatic rings. The molecule has 0 saturated heterocycles. The Morgan fingerprint density at radius 1 is 1.00 bits per heavy atom. The Bertz CT molecular complexity index is 8.00. The molecular formula is IrOsPtRu+9. The molecule has 0 aliphatic carbocycles. The van der Waals surface area contributed by atoms with E-state index in [0.29, 0.717) is 0 Å². The van der Waals surface area contributed by atoms with E-state index in [1.807, 2.05) is 0 Å². The van der Waals surface area contributed by atoms with Crippen molar-refractivity contribution in [3.8, 4) is 0 Å². The van der Waals surface area contributed by atoms with Crippen LogP contribution in [0.3, 0.4) is 0 Å². The molecular weight excluding hydrogens is 679 g/mol. The van der Waals surface area contributed by atoms with Crippen LogP contribution in [0, 0.1) is 0 Å². The molecule has 4 heavy (non-hydrogen) atoms. The average Bonchev–Trinajstić information content (AvgIpc) is 0. The van der Waals surface area contributed by atoms with E-state index >= 15 is 0 Å². The third-order valence-corrected chi connectivity index (χ3v) is 0. The van der Waals surface area contributed by atoms with Crippen molar-refractivity contribution < 1.29 is 80.4 Å². The van der Waals surface area contributed by atoms with Crippen molar-refractivity contribution in [1.82, 2.24) is 0 Å². The first-order valence-electron chi connectivity index (χ1n) is 0. The summed E-state index contributed by atoms with van der Waals surface area (Å²) in [5.41, 5.74) is 0. The van der Waals surface area contributed by atoms with E-state index < -0.39 is 0 Å². The van der Waals surface area contributed by atoms with Gasteiger partial charge in [0, 0.05) is 0 Å². The van der Waals surface area contributed by atoms with Gasteiger partial charge in [0.2, 0.25) is 0 Å². The maximum Gasteiger partial charge on any atom is 3.00 e. The minimum atomic E-state index is 0. The third kappa shape index (κ3) is 8.82. The first-order valence-corrected chi connectivity index (χ1v) is 0. The second-order valence-electron chi connectivity index (χ2n) is 0. The van der Waals surface area contributed by atoms with Gasteiger partial charge >= 0.3 is 80.4 Å². The molecule has 0 heterocycles. The van der Waals surface area contributed by atoms with Gasteiger partial charge in [-0.25, -0.2) is 0 Å². The molecule has 0 atom stereocenters. The van der Waals surface area contributed by atoms with Crippen LogP contribution in [0.5, 0.6) is 0 Å². The van der Waals surface area contributed by atoms with Crippen molar-refractivity contribution in [2.24, 2.45) is 0 Å². The molecule has 0 spiro atoms. The summed E-state index contributed by atoms with van der Waals surface area (Å²) in [7, 11) is 0. The Morgan fingerprint density at radius 2 is 1.00 bits per heavy atom. The molecule has 0 bridgehead atoms. The largest absolute Gasteiger partial charge is 3.00 e. The summed E-state index contributed by atoms with van der Waals surface area (Å²) in [4.78, 5) is 0. The zero-order valence-corrected chi connectivity index (χ0v) is 10.3. The minimum absolute atomic E-state index is 0. The fourth-order valence-corrected chi connectivity index (χ4v) is 0. The molecule has 4 heteroatoms. The number of hydrogen-bond acceptors (Lipinski definition) is 0. The predicted molar refractivity (Wildman–Crippen MR) is 0 cm³/mol. The Balaban J connectivity index is 0. The van der Waals surface area contributed by atoms with Gasteiger partial charge in [0.05, 0.1) is 0 Å². The van der Waals surface area contributed by atoms with Gasteiger partial charge < -0.3 is 0 Å². The van der Waals surface area contributed by atoms with E-state index in [0.717, 1.165) is 0 Å². The zero-order chi connectivity index (χ0) is 0. The summed E-state index contributed by atoms with van der Waals surface area (Å²) >= 11 is 0. The molecule has 0 radical (unpaired) electrons. The van der Waals surface area contributed by atoms with Gasteiger partial charge in [0.1, 0.15) is 0 Å². The van der Waals surface area contributed by atoms with Crippen LogP contribution < -0.4 is 0 Å². The fraction of sp³-hybridized carbons (Fsp3) is 0. The molecule has 0 saturated carbocycles. The van der Waals surface area contributed by atoms with Crippen molar-refractivity contribution in [3.05, 3.63) is 0 Å². The monoisotopic (exact) mass is 682 g/mol. The average molecular weight is 679 g/mol. The molecule has 0 aliphatic heterocycles. The smallest absolute Gasteiger partial charge is 2.00 e. The van der Waals surface area contributed by atoms with E-state index in [4.69, 9.17) is 0 Å². The van der Waals surface area contributed by atoms with Gasteiger partial charge in [-0.1, -0.05) is 0 Å². The Morgan fingerprint density at radius 3 is 1.00 bits per heavy atom. The topological polar surface area (TPSA) is 0 Å². The summed E-state index contributed by atoms with van der Waals surface area (Å²) in [6.07, 6.45) is 0. The fourth-order valence-electron chi connectivity index (χ4n) is 0. The van der Waals surface area contributed by atoms with Gasteiger partial charge in [-0.2, -0.15) is 0 Å². The number of hydrogen-bond donors (Lipinski definition) is 0. The van der Waals surface area contributed by atoms with Gasteiger partial charge in [-0.3, -0.25) is 0 Å². The van der Waals surface area contributed by atoms with Gasteiger partial charge in [0.15, 0.2) is 0 Å². The molecule has 0 aromatic carbocycles. The maximum atomic E-state index is 0. The van der Waals surface area contributed by atoms with Crippen LogP contribution >= 0.6 is 0 Å². The first kappa shape index (κ1) is 30.6. The molecule has 0 N–H and O–H groups in total. The van der Waals surface area contributed by atoms with E-state index in [9.17, 15) is 0 Å². The number of rotatable bonds is 0. The van der Waals surface area contributed by atoms with Crippen LogP contribution in [-0.4, -0.2) is 0 Å². The maximum absolute atomic E-state index is 0. The van der Waals surface area contributed by atoms with Crippen LogP contribution in [0.4, 0.5) is 0 Å². The molecule has 0 fully saturated rings. The van der Waals surface area contributed by atoms with Crippen molar-refractivity contribution in [2.75, 3.05) is 0 Å². The van der Waals surface area contributed by atoms with E-state index in [2.05, 4.69) is 0 Å². The zero-order valence-electron chi connectivity index (χ0n) is 1.36. The molecule has 0 amide bonds. The Labute approximate surface area is 79.3 Å². The third-order valence-electron chi connectivity index (χ3n) is 0. The Kier molecular flexibility index (Phi) is 134. The van der Waals surface area contributed by atoms with E-state index in [-0.39, 0.29) is 80.4 Å². The van der Waals surface area contributed by atoms with E-state index in [1.165, 1.54) is 0 Å². The molecule has 0 nitrogen and oxygen atoms in total. The van der Waals surface area contributed by atoms with E-state index in [1.54, 1.807) is 0 Å². The SMILES string of the molecule is [Ir+3].[Os+2].[Pt+2].[Ru+2]. The van der Waals surface area contributed by atoms with Crippen LogP contribution in [0.2, 0.25) is 0 Å². The molecule has 26 valence electrons. The quantitative estimate of drug-likeness (QED) is 0.317. The molecule has 0 aliphatic rings. The molecule has 0 rings (SSSR count). The van der Waals surface area contributed by atoms with Crippen LogP contribution in [0.1, 0.15) is 0 Å². The summed E-state index contributed by atoms with van der Waals surface area (Å²) < 4.78 is 0. The summed E-state index contributed by atoms with van der Waals surface area (Å²) in [5.74, 6) is 0.